The number of ether oxygens (including phenoxy) is 5. The molecule has 66 heavy (non-hydrogen) atoms. The van der Waals surface area contributed by atoms with Gasteiger partial charge < -0.3 is 50.7 Å². The number of allylic oxidation sites excluding steroid dienone is 1. The van der Waals surface area contributed by atoms with Crippen molar-refractivity contribution < 1.29 is 52.5 Å². The molecule has 2 heterocycles. The summed E-state index contributed by atoms with van der Waals surface area (Å²) in [7, 11) is 1.64. The maximum absolute atomic E-state index is 13.4. The van der Waals surface area contributed by atoms with Gasteiger partial charge in [0.15, 0.2) is 0 Å². The van der Waals surface area contributed by atoms with Crippen molar-refractivity contribution in [3.63, 3.8) is 0 Å². The number of carbonyl (C=O) groups excluding carboxylic acids is 6. The minimum atomic E-state index is -1.08. The van der Waals surface area contributed by atoms with Gasteiger partial charge in [0.1, 0.15) is 30.0 Å². The van der Waals surface area contributed by atoms with Crippen molar-refractivity contribution in [1.82, 2.24) is 32.1 Å². The Hall–Kier alpha value is -4.46. The lowest BCUT2D eigenvalue weighted by molar-refractivity contribution is -0.140. The summed E-state index contributed by atoms with van der Waals surface area (Å²) in [6, 6.07) is 6.58. The molecule has 1 aliphatic carbocycles. The molecule has 18 heteroatoms. The molecule has 3 fully saturated rings. The number of alkyl carbamates (subject to hydrolysis) is 2. The number of rotatable bonds is 29. The SMILES string of the molecule is COC1C(OC(=O)N[C@@H](COC(=O)NCCCCCCNC(=O)CNN[C@@H](CC(C)C)C(=O)C(=O)[C@H](Cc2ccccc2)NC(=O)CN)C(C)C)CC[C@]2(CO2)C1C1(C)O[C@@H]1CC=C(C)C. The number of hydrazine groups is 1. The molecule has 370 valence electrons. The van der Waals surface area contributed by atoms with Crippen LogP contribution in [0.3, 0.4) is 0 Å². The highest BCUT2D eigenvalue weighted by Gasteiger charge is 2.72. The number of Topliss-reactive ketones (excluding diaryl/α,β-unsaturated/α-hetero) is 2. The topological polar surface area (TPSA) is 253 Å². The molecule has 2 saturated heterocycles. The van der Waals surface area contributed by atoms with E-state index >= 15 is 0 Å². The number of hydrogen-bond acceptors (Lipinski definition) is 14. The quantitative estimate of drug-likeness (QED) is 0.0200. The number of epoxide rings is 2. The second-order valence-corrected chi connectivity index (χ2v) is 19.0. The van der Waals surface area contributed by atoms with Crippen LogP contribution in [0.25, 0.3) is 0 Å². The van der Waals surface area contributed by atoms with E-state index in [4.69, 9.17) is 29.4 Å². The number of nitrogens with one attached hydrogen (secondary N) is 6. The van der Waals surface area contributed by atoms with Gasteiger partial charge >= 0.3 is 12.2 Å². The second-order valence-electron chi connectivity index (χ2n) is 19.0. The van der Waals surface area contributed by atoms with Crippen molar-refractivity contribution in [2.24, 2.45) is 23.5 Å². The third-order valence-corrected chi connectivity index (χ3v) is 12.6. The predicted molar refractivity (Wildman–Crippen MR) is 248 cm³/mol. The van der Waals surface area contributed by atoms with E-state index in [0.29, 0.717) is 45.4 Å². The fourth-order valence-corrected chi connectivity index (χ4v) is 8.71. The van der Waals surface area contributed by atoms with E-state index in [0.717, 1.165) is 31.2 Å². The molecule has 4 amide bonds. The maximum atomic E-state index is 13.4. The first-order valence-electron chi connectivity index (χ1n) is 23.6. The Labute approximate surface area is 390 Å². The average Bonchev–Trinajstić information content (AvgIpc) is 4.20. The van der Waals surface area contributed by atoms with Gasteiger partial charge in [-0.3, -0.25) is 19.2 Å². The van der Waals surface area contributed by atoms with Gasteiger partial charge in [-0.1, -0.05) is 82.5 Å². The zero-order valence-electron chi connectivity index (χ0n) is 40.3. The number of hydrogen-bond donors (Lipinski definition) is 7. The maximum Gasteiger partial charge on any atom is 0.407 e. The Bertz CT molecular complexity index is 1790. The lowest BCUT2D eigenvalue weighted by Crippen LogP contribution is -2.56. The van der Waals surface area contributed by atoms with Crippen LogP contribution in [0.15, 0.2) is 42.0 Å². The first-order valence-corrected chi connectivity index (χ1v) is 23.6. The summed E-state index contributed by atoms with van der Waals surface area (Å²) in [5, 5.41) is 11.1. The second kappa shape index (κ2) is 26.2. The van der Waals surface area contributed by atoms with Gasteiger partial charge in [-0.2, -0.15) is 0 Å². The summed E-state index contributed by atoms with van der Waals surface area (Å²) >= 11 is 0. The molecule has 0 aromatic heterocycles. The van der Waals surface area contributed by atoms with Crippen molar-refractivity contribution >= 4 is 35.6 Å². The van der Waals surface area contributed by atoms with Gasteiger partial charge in [0.2, 0.25) is 23.4 Å². The number of benzene rings is 1. The van der Waals surface area contributed by atoms with E-state index in [2.05, 4.69) is 59.0 Å². The normalized spacial score (nSPS) is 24.4. The van der Waals surface area contributed by atoms with Crippen LogP contribution < -0.4 is 37.9 Å². The smallest absolute Gasteiger partial charge is 0.407 e. The van der Waals surface area contributed by atoms with E-state index in [1.807, 2.05) is 58.0 Å². The van der Waals surface area contributed by atoms with E-state index in [1.165, 1.54) is 5.57 Å². The first kappa shape index (κ1) is 54.1. The zero-order chi connectivity index (χ0) is 48.4. The molecule has 8 N–H and O–H groups in total. The minimum Gasteiger partial charge on any atom is -0.447 e. The summed E-state index contributed by atoms with van der Waals surface area (Å²) in [6.45, 7) is 14.9. The van der Waals surface area contributed by atoms with Crippen LogP contribution in [-0.2, 0) is 49.3 Å². The number of ketones is 2. The molecule has 1 spiro atoms. The van der Waals surface area contributed by atoms with Crippen LogP contribution in [0.2, 0.25) is 0 Å². The van der Waals surface area contributed by atoms with Crippen molar-refractivity contribution in [3.05, 3.63) is 47.5 Å². The molecule has 18 nitrogen and oxygen atoms in total. The van der Waals surface area contributed by atoms with E-state index in [-0.39, 0.29) is 61.5 Å². The van der Waals surface area contributed by atoms with Crippen LogP contribution >= 0.6 is 0 Å². The molecule has 2 aliphatic heterocycles. The largest absolute Gasteiger partial charge is 0.447 e. The third kappa shape index (κ3) is 16.7. The van der Waals surface area contributed by atoms with Crippen LogP contribution in [0.4, 0.5) is 9.59 Å². The summed E-state index contributed by atoms with van der Waals surface area (Å²) < 4.78 is 29.8. The fraction of sp³-hybridized carbons (Fsp3) is 0.708. The zero-order valence-corrected chi connectivity index (χ0v) is 40.3. The van der Waals surface area contributed by atoms with Crippen LogP contribution in [0.1, 0.15) is 105 Å². The van der Waals surface area contributed by atoms with Crippen molar-refractivity contribution in [1.29, 1.82) is 0 Å². The summed E-state index contributed by atoms with van der Waals surface area (Å²) in [4.78, 5) is 77.2. The molecule has 1 aromatic rings. The monoisotopic (exact) mass is 928 g/mol. The highest BCUT2D eigenvalue weighted by atomic mass is 16.6. The molecule has 4 rings (SSSR count). The molecular formula is C48H77N7O11. The van der Waals surface area contributed by atoms with Crippen molar-refractivity contribution in [2.45, 2.75) is 154 Å². The van der Waals surface area contributed by atoms with E-state index in [1.54, 1.807) is 7.11 Å². The molecular weight excluding hydrogens is 851 g/mol. The van der Waals surface area contributed by atoms with Crippen molar-refractivity contribution in [2.75, 3.05) is 46.5 Å². The lowest BCUT2D eigenvalue weighted by Gasteiger charge is -2.42. The molecule has 9 atom stereocenters. The summed E-state index contributed by atoms with van der Waals surface area (Å²) in [5.74, 6) is -2.38. The number of amides is 4. The first-order chi connectivity index (χ1) is 31.4. The van der Waals surface area contributed by atoms with Gasteiger partial charge in [0.25, 0.3) is 0 Å². The number of methoxy groups -OCH3 is 1. The number of nitrogens with two attached hydrogens (primary N) is 1. The number of unbranched alkanes of at least 4 members (excludes halogenated alkanes) is 3. The van der Waals surface area contributed by atoms with Gasteiger partial charge in [0.05, 0.1) is 49.8 Å². The average molecular weight is 928 g/mol. The molecule has 1 saturated carbocycles. The van der Waals surface area contributed by atoms with Crippen LogP contribution in [0, 0.1) is 17.8 Å². The predicted octanol–water partition coefficient (Wildman–Crippen LogP) is 3.55. The molecule has 0 radical (unpaired) electrons. The van der Waals surface area contributed by atoms with Crippen LogP contribution in [0.5, 0.6) is 0 Å². The van der Waals surface area contributed by atoms with Gasteiger partial charge in [-0.15, -0.1) is 0 Å². The van der Waals surface area contributed by atoms with Gasteiger partial charge in [-0.05, 0) is 76.7 Å². The Morgan fingerprint density at radius 3 is 2.17 bits per heavy atom. The van der Waals surface area contributed by atoms with Crippen molar-refractivity contribution in [3.8, 4) is 0 Å². The molecule has 0 bridgehead atoms. The fourth-order valence-electron chi connectivity index (χ4n) is 8.71. The Kier molecular flexibility index (Phi) is 21.5. The van der Waals surface area contributed by atoms with E-state index < -0.39 is 65.6 Å². The molecule has 1 aromatic carbocycles. The standard InChI is InChI=1S/C48H77N7O11/c1-30(2)18-19-38-47(7,66-38)44-43(62-8)37(20-21-48(44)29-64-48)65-46(61)54-36(32(5)6)28-63-45(60)51-23-15-10-9-14-22-50-40(57)27-52-55-35(24-31(3)4)42(59)41(58)34(53-39(56)26-49)25-33-16-12-11-13-17-33/h11-13,16-18,31-32,34-38,43-44,52,55H,9-10,14-15,19-29,49H2,1-8H3,(H,50,57)(H,51,60)(H,53,56)(H,54,61)/t34-,35-,36-,37?,38+,43?,44?,47?,48-/m0/s1. The summed E-state index contributed by atoms with van der Waals surface area (Å²) in [5.41, 5.74) is 12.3. The van der Waals surface area contributed by atoms with Gasteiger partial charge in [0, 0.05) is 26.6 Å². The third-order valence-electron chi connectivity index (χ3n) is 12.6. The lowest BCUT2D eigenvalue weighted by atomic mass is 9.68. The highest BCUT2D eigenvalue weighted by Crippen LogP contribution is 2.59. The summed E-state index contributed by atoms with van der Waals surface area (Å²) in [6.07, 6.45) is 5.76. The Morgan fingerprint density at radius 2 is 1.56 bits per heavy atom. The molecule has 4 unspecified atom stereocenters. The van der Waals surface area contributed by atoms with Crippen LogP contribution in [-0.4, -0.2) is 130 Å². The van der Waals surface area contributed by atoms with E-state index in [9.17, 15) is 28.8 Å². The van der Waals surface area contributed by atoms with Gasteiger partial charge in [-0.25, -0.2) is 20.4 Å². The number of carbonyl (C=O) groups is 6. The molecule has 3 aliphatic rings. The Balaban J connectivity index is 1.09. The Morgan fingerprint density at radius 1 is 0.894 bits per heavy atom. The minimum absolute atomic E-state index is 0.0322. The highest BCUT2D eigenvalue weighted by molar-refractivity contribution is 6.41.